The van der Waals surface area contributed by atoms with Crippen LogP contribution in [0.25, 0.3) is 0 Å². The van der Waals surface area contributed by atoms with Crippen LogP contribution in [-0.4, -0.2) is 17.6 Å². The number of halogens is 1. The molecule has 0 radical (unpaired) electrons. The van der Waals surface area contributed by atoms with Gasteiger partial charge in [-0.25, -0.2) is 0 Å². The first-order valence-corrected chi connectivity index (χ1v) is 10.6. The molecular formula is C24H30ClNO3. The molecule has 1 aliphatic rings. The lowest BCUT2D eigenvalue weighted by Gasteiger charge is -2.24. The molecule has 29 heavy (non-hydrogen) atoms. The van der Waals surface area contributed by atoms with Crippen molar-refractivity contribution in [3.63, 3.8) is 0 Å². The summed E-state index contributed by atoms with van der Waals surface area (Å²) < 4.78 is 6.16. The fourth-order valence-electron chi connectivity index (χ4n) is 3.82. The van der Waals surface area contributed by atoms with Gasteiger partial charge in [-0.1, -0.05) is 44.5 Å². The summed E-state index contributed by atoms with van der Waals surface area (Å²) in [7, 11) is 0. The summed E-state index contributed by atoms with van der Waals surface area (Å²) in [6.07, 6.45) is 2.69. The Bertz CT molecular complexity index is 842. The Hall–Kier alpha value is -2.04. The number of amides is 1. The second-order valence-electron chi connectivity index (χ2n) is 8.92. The van der Waals surface area contributed by atoms with Gasteiger partial charge in [0.15, 0.2) is 0 Å². The van der Waals surface area contributed by atoms with Crippen molar-refractivity contribution in [2.75, 3.05) is 11.9 Å². The lowest BCUT2D eigenvalue weighted by Crippen LogP contribution is -2.21. The molecule has 4 nitrogen and oxygen atoms in total. The minimum atomic E-state index is -0.0517. The van der Waals surface area contributed by atoms with Crippen LogP contribution in [0.1, 0.15) is 51.2 Å². The molecule has 0 aliphatic heterocycles. The Morgan fingerprint density at radius 1 is 1.17 bits per heavy atom. The second kappa shape index (κ2) is 9.19. The standard InChI is InChI=1S/C24H30ClNO3/c1-24(2,3)21-13-19(25)8-11-22(21)29-15-17-4-7-18(12-17)23(28)26-20-9-5-16(14-27)6-10-20/h5-6,8-11,13,17-18,27H,4,7,12,14-15H2,1-3H3,(H,26,28). The molecule has 1 fully saturated rings. The molecule has 2 unspecified atom stereocenters. The maximum absolute atomic E-state index is 12.6. The van der Waals surface area contributed by atoms with Gasteiger partial charge >= 0.3 is 0 Å². The summed E-state index contributed by atoms with van der Waals surface area (Å²) in [5.41, 5.74) is 2.65. The van der Waals surface area contributed by atoms with E-state index in [2.05, 4.69) is 26.1 Å². The highest BCUT2D eigenvalue weighted by Crippen LogP contribution is 2.36. The molecule has 2 aromatic carbocycles. The minimum Gasteiger partial charge on any atom is -0.493 e. The van der Waals surface area contributed by atoms with Gasteiger partial charge in [-0.2, -0.15) is 0 Å². The highest BCUT2D eigenvalue weighted by atomic mass is 35.5. The first-order valence-electron chi connectivity index (χ1n) is 10.2. The summed E-state index contributed by atoms with van der Waals surface area (Å²) in [6.45, 7) is 7.06. The van der Waals surface area contributed by atoms with Crippen molar-refractivity contribution in [3.8, 4) is 5.75 Å². The molecule has 0 bridgehead atoms. The molecule has 2 aromatic rings. The number of carbonyl (C=O) groups excluding carboxylic acids is 1. The van der Waals surface area contributed by atoms with E-state index in [-0.39, 0.29) is 23.8 Å². The van der Waals surface area contributed by atoms with E-state index in [9.17, 15) is 4.79 Å². The molecule has 3 rings (SSSR count). The Labute approximate surface area is 178 Å². The number of carbonyl (C=O) groups is 1. The zero-order valence-corrected chi connectivity index (χ0v) is 18.1. The van der Waals surface area contributed by atoms with Gasteiger partial charge in [0.1, 0.15) is 5.75 Å². The third kappa shape index (κ3) is 5.74. The van der Waals surface area contributed by atoms with E-state index < -0.39 is 0 Å². The van der Waals surface area contributed by atoms with Crippen LogP contribution in [0, 0.1) is 11.8 Å². The molecule has 0 aromatic heterocycles. The maximum Gasteiger partial charge on any atom is 0.227 e. The van der Waals surface area contributed by atoms with E-state index in [1.54, 1.807) is 0 Å². The zero-order chi connectivity index (χ0) is 21.0. The van der Waals surface area contributed by atoms with E-state index in [0.29, 0.717) is 17.5 Å². The predicted octanol–water partition coefficient (Wildman–Crippen LogP) is 5.56. The van der Waals surface area contributed by atoms with Gasteiger partial charge in [0.2, 0.25) is 5.91 Å². The van der Waals surface area contributed by atoms with Gasteiger partial charge in [-0.15, -0.1) is 0 Å². The van der Waals surface area contributed by atoms with E-state index in [1.807, 2.05) is 42.5 Å². The fraction of sp³-hybridized carbons (Fsp3) is 0.458. The molecule has 0 saturated heterocycles. The average Bonchev–Trinajstić information content (AvgIpc) is 3.16. The average molecular weight is 416 g/mol. The first kappa shape index (κ1) is 21.7. The van der Waals surface area contributed by atoms with Crippen molar-refractivity contribution in [2.45, 2.75) is 52.1 Å². The van der Waals surface area contributed by atoms with E-state index in [0.717, 1.165) is 41.8 Å². The monoisotopic (exact) mass is 415 g/mol. The van der Waals surface area contributed by atoms with Crippen LogP contribution in [0.4, 0.5) is 5.69 Å². The van der Waals surface area contributed by atoms with Crippen molar-refractivity contribution in [3.05, 3.63) is 58.6 Å². The summed E-state index contributed by atoms with van der Waals surface area (Å²) in [4.78, 5) is 12.6. The van der Waals surface area contributed by atoms with Gasteiger partial charge in [-0.3, -0.25) is 4.79 Å². The molecule has 2 atom stereocenters. The number of rotatable bonds is 6. The molecule has 1 aliphatic carbocycles. The van der Waals surface area contributed by atoms with E-state index in [4.69, 9.17) is 21.4 Å². The third-order valence-electron chi connectivity index (χ3n) is 5.54. The summed E-state index contributed by atoms with van der Waals surface area (Å²) in [5, 5.41) is 12.8. The van der Waals surface area contributed by atoms with Crippen molar-refractivity contribution < 1.29 is 14.6 Å². The second-order valence-corrected chi connectivity index (χ2v) is 9.36. The number of hydrogen-bond acceptors (Lipinski definition) is 3. The van der Waals surface area contributed by atoms with Gasteiger partial charge < -0.3 is 15.2 Å². The lowest BCUT2D eigenvalue weighted by atomic mass is 9.86. The number of ether oxygens (including phenoxy) is 1. The van der Waals surface area contributed by atoms with Crippen LogP contribution < -0.4 is 10.1 Å². The SMILES string of the molecule is CC(C)(C)c1cc(Cl)ccc1OCC1CCC(C(=O)Nc2ccc(CO)cc2)C1. The molecule has 0 spiro atoms. The first-order chi connectivity index (χ1) is 13.8. The summed E-state index contributed by atoms with van der Waals surface area (Å²) in [6, 6.07) is 13.1. The molecule has 1 amide bonds. The van der Waals surface area contributed by atoms with Crippen molar-refractivity contribution in [1.82, 2.24) is 0 Å². The largest absolute Gasteiger partial charge is 0.493 e. The number of anilines is 1. The van der Waals surface area contributed by atoms with Crippen molar-refractivity contribution in [1.29, 1.82) is 0 Å². The fourth-order valence-corrected chi connectivity index (χ4v) is 4.00. The van der Waals surface area contributed by atoms with Crippen LogP contribution >= 0.6 is 11.6 Å². The maximum atomic E-state index is 12.6. The van der Waals surface area contributed by atoms with E-state index in [1.165, 1.54) is 0 Å². The third-order valence-corrected chi connectivity index (χ3v) is 5.78. The predicted molar refractivity (Wildman–Crippen MR) is 117 cm³/mol. The van der Waals surface area contributed by atoms with Gasteiger partial charge in [-0.05, 0) is 66.5 Å². The zero-order valence-electron chi connectivity index (χ0n) is 17.4. The van der Waals surface area contributed by atoms with Gasteiger partial charge in [0, 0.05) is 22.2 Å². The molecular weight excluding hydrogens is 386 g/mol. The molecule has 2 N–H and O–H groups in total. The van der Waals surface area contributed by atoms with Crippen LogP contribution in [0.2, 0.25) is 5.02 Å². The molecule has 0 heterocycles. The normalized spacial score (nSPS) is 19.2. The minimum absolute atomic E-state index is 0.00305. The lowest BCUT2D eigenvalue weighted by molar-refractivity contribution is -0.119. The smallest absolute Gasteiger partial charge is 0.227 e. The topological polar surface area (TPSA) is 58.6 Å². The van der Waals surface area contributed by atoms with Crippen LogP contribution in [0.15, 0.2) is 42.5 Å². The quantitative estimate of drug-likeness (QED) is 0.648. The van der Waals surface area contributed by atoms with E-state index >= 15 is 0 Å². The Morgan fingerprint density at radius 2 is 1.90 bits per heavy atom. The Balaban J connectivity index is 1.54. The van der Waals surface area contributed by atoms with Crippen LogP contribution in [-0.2, 0) is 16.8 Å². The molecule has 1 saturated carbocycles. The van der Waals surface area contributed by atoms with Crippen LogP contribution in [0.3, 0.4) is 0 Å². The van der Waals surface area contributed by atoms with Crippen LogP contribution in [0.5, 0.6) is 5.75 Å². The highest BCUT2D eigenvalue weighted by Gasteiger charge is 2.31. The Morgan fingerprint density at radius 3 is 2.55 bits per heavy atom. The number of nitrogens with one attached hydrogen (secondary N) is 1. The number of benzene rings is 2. The van der Waals surface area contributed by atoms with Gasteiger partial charge in [0.05, 0.1) is 13.2 Å². The molecule has 5 heteroatoms. The van der Waals surface area contributed by atoms with Crippen molar-refractivity contribution >= 4 is 23.2 Å². The molecule has 156 valence electrons. The highest BCUT2D eigenvalue weighted by molar-refractivity contribution is 6.30. The summed E-state index contributed by atoms with van der Waals surface area (Å²) in [5.74, 6) is 1.31. The Kier molecular flexibility index (Phi) is 6.86. The number of aliphatic hydroxyl groups excluding tert-OH is 1. The number of hydrogen-bond donors (Lipinski definition) is 2. The van der Waals surface area contributed by atoms with Crippen molar-refractivity contribution in [2.24, 2.45) is 11.8 Å². The number of aliphatic hydroxyl groups is 1. The van der Waals surface area contributed by atoms with Gasteiger partial charge in [0.25, 0.3) is 0 Å². The summed E-state index contributed by atoms with van der Waals surface area (Å²) >= 11 is 6.18.